The summed E-state index contributed by atoms with van der Waals surface area (Å²) in [5.41, 5.74) is 8.96. The van der Waals surface area contributed by atoms with Gasteiger partial charge < -0.3 is 5.32 Å². The van der Waals surface area contributed by atoms with E-state index in [-0.39, 0.29) is 0 Å². The van der Waals surface area contributed by atoms with Gasteiger partial charge in [-0.3, -0.25) is 20.2 Å². The molecule has 0 spiro atoms. The van der Waals surface area contributed by atoms with E-state index in [2.05, 4.69) is 53.9 Å². The standard InChI is InChI=1S/C23H21N7/c1-14-4-3-5-22(29-14)23-19(13-28-30-23)15-6-7-21-17(8-15)20(11-24-2)18(12-25-21)16-9-26-27-10-16/h3-10,12-13,24H,11H2,1-2H3,(H,26,27)(H,28,30). The minimum Gasteiger partial charge on any atom is -0.316 e. The molecule has 0 atom stereocenters. The molecule has 1 aromatic carbocycles. The third-order valence-electron chi connectivity index (χ3n) is 5.22. The molecule has 0 bridgehead atoms. The van der Waals surface area contributed by atoms with Crippen molar-refractivity contribution in [3.63, 3.8) is 0 Å². The van der Waals surface area contributed by atoms with Gasteiger partial charge >= 0.3 is 0 Å². The van der Waals surface area contributed by atoms with Gasteiger partial charge in [-0.05, 0) is 49.4 Å². The van der Waals surface area contributed by atoms with Gasteiger partial charge in [0.2, 0.25) is 0 Å². The maximum absolute atomic E-state index is 4.69. The van der Waals surface area contributed by atoms with Gasteiger partial charge in [-0.2, -0.15) is 10.2 Å². The molecule has 0 aliphatic rings. The van der Waals surface area contributed by atoms with Gasteiger partial charge in [0.1, 0.15) is 5.69 Å². The molecule has 7 heteroatoms. The van der Waals surface area contributed by atoms with Crippen molar-refractivity contribution in [3.8, 4) is 33.6 Å². The van der Waals surface area contributed by atoms with Crippen molar-refractivity contribution in [1.82, 2.24) is 35.7 Å². The Kier molecular flexibility index (Phi) is 4.57. The van der Waals surface area contributed by atoms with Crippen molar-refractivity contribution in [2.24, 2.45) is 0 Å². The number of benzene rings is 1. The Bertz CT molecular complexity index is 1320. The Morgan fingerprint density at radius 3 is 2.70 bits per heavy atom. The van der Waals surface area contributed by atoms with E-state index in [0.717, 1.165) is 56.8 Å². The van der Waals surface area contributed by atoms with Crippen LogP contribution in [0.3, 0.4) is 0 Å². The zero-order valence-electron chi connectivity index (χ0n) is 16.8. The minimum absolute atomic E-state index is 0.723. The lowest BCUT2D eigenvalue weighted by Gasteiger charge is -2.13. The quantitative estimate of drug-likeness (QED) is 0.416. The molecule has 0 unspecified atom stereocenters. The van der Waals surface area contributed by atoms with Gasteiger partial charge in [-0.15, -0.1) is 0 Å². The SMILES string of the molecule is CNCc1c(-c2cn[nH]c2)cnc2ccc(-c3c[nH]nc3-c3cccc(C)n3)cc12. The fraction of sp³-hybridized carbons (Fsp3) is 0.130. The third-order valence-corrected chi connectivity index (χ3v) is 5.22. The molecular weight excluding hydrogens is 374 g/mol. The normalized spacial score (nSPS) is 11.3. The van der Waals surface area contributed by atoms with E-state index in [4.69, 9.17) is 0 Å². The second kappa shape index (κ2) is 7.53. The Morgan fingerprint density at radius 2 is 1.90 bits per heavy atom. The molecule has 7 nitrogen and oxygen atoms in total. The van der Waals surface area contributed by atoms with Gasteiger partial charge in [0.25, 0.3) is 0 Å². The van der Waals surface area contributed by atoms with Crippen molar-refractivity contribution >= 4 is 10.9 Å². The lowest BCUT2D eigenvalue weighted by molar-refractivity contribution is 0.824. The van der Waals surface area contributed by atoms with Crippen LogP contribution in [0.2, 0.25) is 0 Å². The van der Waals surface area contributed by atoms with E-state index in [1.807, 2.05) is 57.0 Å². The number of aromatic nitrogens is 6. The Morgan fingerprint density at radius 1 is 0.967 bits per heavy atom. The van der Waals surface area contributed by atoms with E-state index in [1.165, 1.54) is 5.56 Å². The van der Waals surface area contributed by atoms with Gasteiger partial charge in [-0.1, -0.05) is 12.1 Å². The molecule has 5 aromatic rings. The van der Waals surface area contributed by atoms with E-state index >= 15 is 0 Å². The van der Waals surface area contributed by atoms with Crippen LogP contribution in [0.4, 0.5) is 0 Å². The van der Waals surface area contributed by atoms with Crippen molar-refractivity contribution in [2.45, 2.75) is 13.5 Å². The van der Waals surface area contributed by atoms with E-state index in [0.29, 0.717) is 0 Å². The summed E-state index contributed by atoms with van der Waals surface area (Å²) < 4.78 is 0. The summed E-state index contributed by atoms with van der Waals surface area (Å²) in [6, 6.07) is 12.3. The maximum atomic E-state index is 4.69. The molecule has 0 aliphatic carbocycles. The third kappa shape index (κ3) is 3.15. The summed E-state index contributed by atoms with van der Waals surface area (Å²) in [5, 5.41) is 18.9. The highest BCUT2D eigenvalue weighted by Crippen LogP contribution is 2.34. The smallest absolute Gasteiger partial charge is 0.118 e. The number of nitrogens with zero attached hydrogens (tertiary/aromatic N) is 4. The van der Waals surface area contributed by atoms with Crippen LogP contribution in [-0.4, -0.2) is 37.4 Å². The first-order valence-electron chi connectivity index (χ1n) is 9.78. The Hall–Kier alpha value is -3.84. The van der Waals surface area contributed by atoms with Crippen LogP contribution in [0.1, 0.15) is 11.3 Å². The van der Waals surface area contributed by atoms with E-state index in [9.17, 15) is 0 Å². The molecule has 148 valence electrons. The van der Waals surface area contributed by atoms with Crippen LogP contribution in [0.25, 0.3) is 44.5 Å². The average Bonchev–Trinajstić information content (AvgIpc) is 3.46. The number of aryl methyl sites for hydroxylation is 1. The van der Waals surface area contributed by atoms with Crippen LogP contribution in [0.5, 0.6) is 0 Å². The summed E-state index contributed by atoms with van der Waals surface area (Å²) in [7, 11) is 1.95. The van der Waals surface area contributed by atoms with Crippen molar-refractivity contribution in [1.29, 1.82) is 0 Å². The molecule has 4 aromatic heterocycles. The number of hydrogen-bond acceptors (Lipinski definition) is 5. The summed E-state index contributed by atoms with van der Waals surface area (Å²) in [4.78, 5) is 9.33. The maximum Gasteiger partial charge on any atom is 0.118 e. The second-order valence-electron chi connectivity index (χ2n) is 7.21. The number of pyridine rings is 2. The fourth-order valence-corrected chi connectivity index (χ4v) is 3.81. The highest BCUT2D eigenvalue weighted by Gasteiger charge is 2.15. The van der Waals surface area contributed by atoms with Crippen LogP contribution in [-0.2, 0) is 6.54 Å². The van der Waals surface area contributed by atoms with Gasteiger partial charge in [0, 0.05) is 52.9 Å². The fourth-order valence-electron chi connectivity index (χ4n) is 3.81. The largest absolute Gasteiger partial charge is 0.316 e. The topological polar surface area (TPSA) is 95.2 Å². The first-order valence-corrected chi connectivity index (χ1v) is 9.78. The Balaban J connectivity index is 1.69. The number of nitrogens with one attached hydrogen (secondary N) is 3. The average molecular weight is 395 g/mol. The number of hydrogen-bond donors (Lipinski definition) is 3. The molecule has 0 saturated carbocycles. The number of H-pyrrole nitrogens is 2. The first-order chi connectivity index (χ1) is 14.7. The monoisotopic (exact) mass is 395 g/mol. The molecule has 4 heterocycles. The first kappa shape index (κ1) is 18.2. The second-order valence-corrected chi connectivity index (χ2v) is 7.21. The van der Waals surface area contributed by atoms with Gasteiger partial charge in [0.15, 0.2) is 0 Å². The highest BCUT2D eigenvalue weighted by molar-refractivity contribution is 5.93. The summed E-state index contributed by atoms with van der Waals surface area (Å²) in [6.07, 6.45) is 7.55. The molecule has 30 heavy (non-hydrogen) atoms. The van der Waals surface area contributed by atoms with Crippen LogP contribution < -0.4 is 5.32 Å². The molecule has 0 fully saturated rings. The van der Waals surface area contributed by atoms with E-state index in [1.54, 1.807) is 0 Å². The predicted molar refractivity (Wildman–Crippen MR) is 118 cm³/mol. The summed E-state index contributed by atoms with van der Waals surface area (Å²) >= 11 is 0. The lowest BCUT2D eigenvalue weighted by atomic mass is 9.96. The molecular formula is C23H21N7. The van der Waals surface area contributed by atoms with Crippen LogP contribution >= 0.6 is 0 Å². The molecule has 3 N–H and O–H groups in total. The van der Waals surface area contributed by atoms with Crippen molar-refractivity contribution < 1.29 is 0 Å². The molecule has 5 rings (SSSR count). The zero-order valence-corrected chi connectivity index (χ0v) is 16.8. The van der Waals surface area contributed by atoms with Gasteiger partial charge in [-0.25, -0.2) is 0 Å². The zero-order chi connectivity index (χ0) is 20.5. The highest BCUT2D eigenvalue weighted by atomic mass is 15.1. The van der Waals surface area contributed by atoms with Crippen molar-refractivity contribution in [3.05, 3.63) is 72.4 Å². The van der Waals surface area contributed by atoms with Gasteiger partial charge in [0.05, 0.1) is 17.4 Å². The van der Waals surface area contributed by atoms with Crippen LogP contribution in [0.15, 0.2) is 61.2 Å². The minimum atomic E-state index is 0.723. The lowest BCUT2D eigenvalue weighted by Crippen LogP contribution is -2.07. The molecule has 0 aliphatic heterocycles. The molecule has 0 radical (unpaired) electrons. The Labute approximate surface area is 173 Å². The number of fused-ring (bicyclic) bond motifs is 1. The number of rotatable bonds is 5. The van der Waals surface area contributed by atoms with E-state index < -0.39 is 0 Å². The summed E-state index contributed by atoms with van der Waals surface area (Å²) in [5.74, 6) is 0. The predicted octanol–water partition coefficient (Wildman–Crippen LogP) is 4.10. The number of aromatic amines is 2. The molecule has 0 saturated heterocycles. The molecule has 0 amide bonds. The summed E-state index contributed by atoms with van der Waals surface area (Å²) in [6.45, 7) is 2.71. The van der Waals surface area contributed by atoms with Crippen molar-refractivity contribution in [2.75, 3.05) is 7.05 Å². The van der Waals surface area contributed by atoms with Crippen LogP contribution in [0, 0.1) is 6.92 Å².